The second-order valence-corrected chi connectivity index (χ2v) is 3.87. The Balaban J connectivity index is 0.00000112. The van der Waals surface area contributed by atoms with Crippen LogP contribution < -0.4 is 11.1 Å². The second-order valence-electron chi connectivity index (χ2n) is 3.87. The number of halogens is 1. The van der Waals surface area contributed by atoms with Crippen LogP contribution in [0.15, 0.2) is 24.4 Å². The van der Waals surface area contributed by atoms with Crippen LogP contribution in [0.25, 0.3) is 0 Å². The smallest absolute Gasteiger partial charge is 0.0573 e. The van der Waals surface area contributed by atoms with Crippen LogP contribution in [0.5, 0.6) is 0 Å². The van der Waals surface area contributed by atoms with Crippen LogP contribution in [0.4, 0.5) is 0 Å². The topological polar surface area (TPSA) is 50.9 Å². The average molecular weight is 228 g/mol. The minimum atomic E-state index is 0. The van der Waals surface area contributed by atoms with Gasteiger partial charge in [-0.3, -0.25) is 4.98 Å². The first kappa shape index (κ1) is 12.4. The average Bonchev–Trinajstić information content (AvgIpc) is 2.30. The molecular formula is C11H18ClN3. The number of rotatable bonds is 2. The summed E-state index contributed by atoms with van der Waals surface area (Å²) in [6.45, 7) is 2.18. The largest absolute Gasteiger partial charge is 0.322 e. The van der Waals surface area contributed by atoms with Gasteiger partial charge < -0.3 is 11.1 Å². The Morgan fingerprint density at radius 3 is 2.67 bits per heavy atom. The molecule has 0 amide bonds. The van der Waals surface area contributed by atoms with E-state index in [1.165, 1.54) is 0 Å². The van der Waals surface area contributed by atoms with Gasteiger partial charge in [-0.15, -0.1) is 12.4 Å². The van der Waals surface area contributed by atoms with Crippen molar-refractivity contribution in [1.29, 1.82) is 0 Å². The van der Waals surface area contributed by atoms with E-state index in [0.717, 1.165) is 31.6 Å². The van der Waals surface area contributed by atoms with Gasteiger partial charge in [0.25, 0.3) is 0 Å². The van der Waals surface area contributed by atoms with Gasteiger partial charge in [0, 0.05) is 12.2 Å². The maximum Gasteiger partial charge on any atom is 0.0573 e. The summed E-state index contributed by atoms with van der Waals surface area (Å²) in [6, 6.07) is 6.06. The van der Waals surface area contributed by atoms with Gasteiger partial charge >= 0.3 is 0 Å². The fraction of sp³-hybridized carbons (Fsp3) is 0.545. The molecule has 2 rings (SSSR count). The second kappa shape index (κ2) is 6.05. The van der Waals surface area contributed by atoms with Gasteiger partial charge in [0.2, 0.25) is 0 Å². The minimum Gasteiger partial charge on any atom is -0.322 e. The first-order chi connectivity index (χ1) is 6.88. The molecule has 0 unspecified atom stereocenters. The van der Waals surface area contributed by atoms with E-state index >= 15 is 0 Å². The van der Waals surface area contributed by atoms with Crippen LogP contribution >= 0.6 is 12.4 Å². The Kier molecular flexibility index (Phi) is 5.02. The summed E-state index contributed by atoms with van der Waals surface area (Å²) in [5.74, 6) is 0.589. The van der Waals surface area contributed by atoms with E-state index in [2.05, 4.69) is 10.3 Å². The molecule has 84 valence electrons. The highest BCUT2D eigenvalue weighted by Crippen LogP contribution is 2.24. The fourth-order valence-electron chi connectivity index (χ4n) is 2.02. The van der Waals surface area contributed by atoms with Crippen molar-refractivity contribution in [3.8, 4) is 0 Å². The lowest BCUT2D eigenvalue weighted by atomic mass is 9.89. The quantitative estimate of drug-likeness (QED) is 0.805. The number of pyridine rings is 1. The molecule has 0 aliphatic carbocycles. The molecule has 0 spiro atoms. The van der Waals surface area contributed by atoms with E-state index < -0.39 is 0 Å². The number of nitrogens with one attached hydrogen (secondary N) is 1. The van der Waals surface area contributed by atoms with Crippen molar-refractivity contribution in [2.24, 2.45) is 11.7 Å². The third-order valence-electron chi connectivity index (χ3n) is 2.92. The summed E-state index contributed by atoms with van der Waals surface area (Å²) in [5.41, 5.74) is 7.21. The van der Waals surface area contributed by atoms with Crippen molar-refractivity contribution >= 4 is 12.4 Å². The van der Waals surface area contributed by atoms with Crippen LogP contribution in [-0.2, 0) is 0 Å². The van der Waals surface area contributed by atoms with Gasteiger partial charge in [0.1, 0.15) is 0 Å². The Bertz CT molecular complexity index is 272. The lowest BCUT2D eigenvalue weighted by molar-refractivity contribution is 0.318. The van der Waals surface area contributed by atoms with Crippen molar-refractivity contribution in [3.05, 3.63) is 30.1 Å². The van der Waals surface area contributed by atoms with Gasteiger partial charge in [-0.2, -0.15) is 0 Å². The van der Waals surface area contributed by atoms with E-state index in [9.17, 15) is 0 Å². The third-order valence-corrected chi connectivity index (χ3v) is 2.92. The van der Waals surface area contributed by atoms with E-state index in [1.54, 1.807) is 0 Å². The summed E-state index contributed by atoms with van der Waals surface area (Å²) < 4.78 is 0. The zero-order chi connectivity index (χ0) is 9.80. The lowest BCUT2D eigenvalue weighted by Gasteiger charge is -2.27. The fourth-order valence-corrected chi connectivity index (χ4v) is 2.02. The molecule has 1 aromatic heterocycles. The lowest BCUT2D eigenvalue weighted by Crippen LogP contribution is -2.34. The van der Waals surface area contributed by atoms with Crippen LogP contribution in [0.3, 0.4) is 0 Å². The van der Waals surface area contributed by atoms with E-state index in [4.69, 9.17) is 5.73 Å². The summed E-state index contributed by atoms with van der Waals surface area (Å²) in [6.07, 6.45) is 4.14. The van der Waals surface area contributed by atoms with Crippen LogP contribution in [0.2, 0.25) is 0 Å². The molecule has 1 aliphatic rings. The summed E-state index contributed by atoms with van der Waals surface area (Å²) >= 11 is 0. The van der Waals surface area contributed by atoms with Gasteiger partial charge in [0.05, 0.1) is 5.69 Å². The van der Waals surface area contributed by atoms with Crippen molar-refractivity contribution in [1.82, 2.24) is 10.3 Å². The molecule has 1 fully saturated rings. The molecule has 4 heteroatoms. The molecule has 1 saturated heterocycles. The summed E-state index contributed by atoms with van der Waals surface area (Å²) in [7, 11) is 0. The predicted octanol–water partition coefficient (Wildman–Crippen LogP) is 1.50. The molecular weight excluding hydrogens is 210 g/mol. The SMILES string of the molecule is Cl.N[C@@H](c1ccccn1)C1CCNCC1. The zero-order valence-corrected chi connectivity index (χ0v) is 9.54. The van der Waals surface area contributed by atoms with E-state index in [-0.39, 0.29) is 18.4 Å². The van der Waals surface area contributed by atoms with Gasteiger partial charge in [0.15, 0.2) is 0 Å². The molecule has 2 heterocycles. The van der Waals surface area contributed by atoms with Crippen LogP contribution in [0.1, 0.15) is 24.6 Å². The Hall–Kier alpha value is -0.640. The highest BCUT2D eigenvalue weighted by molar-refractivity contribution is 5.85. The van der Waals surface area contributed by atoms with Gasteiger partial charge in [-0.05, 0) is 44.0 Å². The number of nitrogens with zero attached hydrogens (tertiary/aromatic N) is 1. The first-order valence-electron chi connectivity index (χ1n) is 5.25. The molecule has 0 saturated carbocycles. The first-order valence-corrected chi connectivity index (χ1v) is 5.25. The Labute approximate surface area is 96.9 Å². The number of hydrogen-bond acceptors (Lipinski definition) is 3. The normalized spacial score (nSPS) is 19.3. The standard InChI is InChI=1S/C11H17N3.ClH/c12-11(9-4-7-13-8-5-9)10-3-1-2-6-14-10;/h1-3,6,9,11,13H,4-5,7-8,12H2;1H/t11-;/m1./s1. The third kappa shape index (κ3) is 3.16. The molecule has 3 nitrogen and oxygen atoms in total. The van der Waals surface area contributed by atoms with Crippen LogP contribution in [-0.4, -0.2) is 18.1 Å². The molecule has 1 atom stereocenters. The number of hydrogen-bond donors (Lipinski definition) is 2. The minimum absolute atomic E-state index is 0. The zero-order valence-electron chi connectivity index (χ0n) is 8.73. The number of aromatic nitrogens is 1. The highest BCUT2D eigenvalue weighted by atomic mass is 35.5. The molecule has 1 aliphatic heterocycles. The summed E-state index contributed by atoms with van der Waals surface area (Å²) in [5, 5.41) is 3.35. The number of nitrogens with two attached hydrogens (primary N) is 1. The molecule has 15 heavy (non-hydrogen) atoms. The highest BCUT2D eigenvalue weighted by Gasteiger charge is 2.21. The maximum absolute atomic E-state index is 6.18. The van der Waals surface area contributed by atoms with Gasteiger partial charge in [-0.25, -0.2) is 0 Å². The number of piperidine rings is 1. The molecule has 0 radical (unpaired) electrons. The monoisotopic (exact) mass is 227 g/mol. The Morgan fingerprint density at radius 1 is 1.33 bits per heavy atom. The Morgan fingerprint density at radius 2 is 2.07 bits per heavy atom. The summed E-state index contributed by atoms with van der Waals surface area (Å²) in [4.78, 5) is 4.31. The molecule has 1 aromatic rings. The van der Waals surface area contributed by atoms with Crippen molar-refractivity contribution in [3.63, 3.8) is 0 Å². The van der Waals surface area contributed by atoms with Crippen molar-refractivity contribution in [2.45, 2.75) is 18.9 Å². The molecule has 0 aromatic carbocycles. The maximum atomic E-state index is 6.18. The van der Waals surface area contributed by atoms with Gasteiger partial charge in [-0.1, -0.05) is 6.07 Å². The molecule has 3 N–H and O–H groups in total. The molecule has 0 bridgehead atoms. The van der Waals surface area contributed by atoms with E-state index in [1.807, 2.05) is 24.4 Å². The van der Waals surface area contributed by atoms with Crippen molar-refractivity contribution < 1.29 is 0 Å². The predicted molar refractivity (Wildman–Crippen MR) is 64.0 cm³/mol. The van der Waals surface area contributed by atoms with Crippen LogP contribution in [0, 0.1) is 5.92 Å². The van der Waals surface area contributed by atoms with E-state index in [0.29, 0.717) is 5.92 Å². The van der Waals surface area contributed by atoms with Crippen molar-refractivity contribution in [2.75, 3.05) is 13.1 Å².